The third-order valence-corrected chi connectivity index (χ3v) is 5.21. The Balaban J connectivity index is 1.68. The fourth-order valence-electron chi connectivity index (χ4n) is 3.72. The van der Waals surface area contributed by atoms with E-state index >= 15 is 0 Å². The molecule has 1 aliphatic heterocycles. The molecule has 120 valence electrons. The summed E-state index contributed by atoms with van der Waals surface area (Å²) in [5.41, 5.74) is 0.949. The van der Waals surface area contributed by atoms with Crippen LogP contribution in [-0.2, 0) is 0 Å². The number of carbonyl (C=O) groups is 1. The monoisotopic (exact) mass is 301 g/mol. The van der Waals surface area contributed by atoms with Crippen LogP contribution in [0.5, 0.6) is 0 Å². The highest BCUT2D eigenvalue weighted by molar-refractivity contribution is 5.75. The summed E-state index contributed by atoms with van der Waals surface area (Å²) in [6.45, 7) is 5.17. The Hall–Kier alpha value is -1.58. The van der Waals surface area contributed by atoms with E-state index in [0.717, 1.165) is 24.6 Å². The van der Waals surface area contributed by atoms with Crippen molar-refractivity contribution in [2.75, 3.05) is 6.54 Å². The van der Waals surface area contributed by atoms with E-state index in [1.807, 2.05) is 18.2 Å². The molecule has 1 aromatic rings. The fraction of sp³-hybridized carbons (Fsp3) is 0.667. The maximum absolute atomic E-state index is 12.8. The predicted molar refractivity (Wildman–Crippen MR) is 87.4 cm³/mol. The summed E-state index contributed by atoms with van der Waals surface area (Å²) in [7, 11) is 0. The van der Waals surface area contributed by atoms with E-state index in [-0.39, 0.29) is 12.1 Å². The summed E-state index contributed by atoms with van der Waals surface area (Å²) in [5.74, 6) is 1.06. The molecule has 22 heavy (non-hydrogen) atoms. The summed E-state index contributed by atoms with van der Waals surface area (Å²) >= 11 is 0. The fourth-order valence-corrected chi connectivity index (χ4v) is 3.72. The second-order valence-electron chi connectivity index (χ2n) is 7.02. The van der Waals surface area contributed by atoms with Gasteiger partial charge < -0.3 is 10.2 Å². The van der Waals surface area contributed by atoms with E-state index in [4.69, 9.17) is 0 Å². The first-order valence-electron chi connectivity index (χ1n) is 8.65. The number of nitrogens with one attached hydrogen (secondary N) is 1. The second kappa shape index (κ2) is 6.67. The highest BCUT2D eigenvalue weighted by Gasteiger charge is 2.38. The van der Waals surface area contributed by atoms with E-state index in [9.17, 15) is 4.79 Å². The molecule has 0 aromatic carbocycles. The molecule has 2 amide bonds. The topological polar surface area (TPSA) is 45.2 Å². The van der Waals surface area contributed by atoms with Crippen LogP contribution in [0.4, 0.5) is 4.79 Å². The van der Waals surface area contributed by atoms with Crippen LogP contribution >= 0.6 is 0 Å². The Morgan fingerprint density at radius 1 is 1.27 bits per heavy atom. The third-order valence-electron chi connectivity index (χ3n) is 5.21. The number of hydrogen-bond acceptors (Lipinski definition) is 2. The number of carbonyl (C=O) groups excluding carboxylic acids is 1. The molecule has 1 N–H and O–H groups in total. The molecule has 4 nitrogen and oxygen atoms in total. The second-order valence-corrected chi connectivity index (χ2v) is 7.02. The minimum absolute atomic E-state index is 0.0173. The Bertz CT molecular complexity index is 498. The van der Waals surface area contributed by atoms with Crippen LogP contribution in [0.25, 0.3) is 0 Å². The Kier molecular flexibility index (Phi) is 4.65. The Labute approximate surface area is 133 Å². The van der Waals surface area contributed by atoms with Gasteiger partial charge in [0.05, 0.1) is 11.7 Å². The predicted octanol–water partition coefficient (Wildman–Crippen LogP) is 3.75. The highest BCUT2D eigenvalue weighted by atomic mass is 16.2. The number of amides is 2. The van der Waals surface area contributed by atoms with Crippen LogP contribution in [0.3, 0.4) is 0 Å². The van der Waals surface area contributed by atoms with Crippen LogP contribution in [0, 0.1) is 11.8 Å². The van der Waals surface area contributed by atoms with Crippen molar-refractivity contribution in [2.45, 2.75) is 58.0 Å². The molecule has 0 spiro atoms. The van der Waals surface area contributed by atoms with E-state index in [1.54, 1.807) is 6.20 Å². The summed E-state index contributed by atoms with van der Waals surface area (Å²) in [5, 5.41) is 3.23. The number of urea groups is 1. The molecular formula is C18H27N3O. The van der Waals surface area contributed by atoms with Crippen molar-refractivity contribution >= 4 is 6.03 Å². The molecule has 3 rings (SSSR count). The van der Waals surface area contributed by atoms with Crippen LogP contribution in [0.2, 0.25) is 0 Å². The van der Waals surface area contributed by atoms with Crippen molar-refractivity contribution in [3.8, 4) is 0 Å². The summed E-state index contributed by atoms with van der Waals surface area (Å²) in [4.78, 5) is 19.3. The van der Waals surface area contributed by atoms with Crippen LogP contribution in [0.15, 0.2) is 24.4 Å². The largest absolute Gasteiger partial charge is 0.329 e. The zero-order valence-electron chi connectivity index (χ0n) is 13.7. The lowest BCUT2D eigenvalue weighted by Gasteiger charge is -2.37. The highest BCUT2D eigenvalue weighted by Crippen LogP contribution is 2.37. The maximum atomic E-state index is 12.8. The lowest BCUT2D eigenvalue weighted by atomic mass is 9.79. The number of likely N-dealkylation sites (tertiary alicyclic amines) is 1. The van der Waals surface area contributed by atoms with Crippen LogP contribution in [-0.4, -0.2) is 28.5 Å². The van der Waals surface area contributed by atoms with Gasteiger partial charge in [0.1, 0.15) is 0 Å². The molecule has 2 atom stereocenters. The molecule has 2 heterocycles. The standard InChI is InChI=1S/C18H27N3O/c1-13(2)17(15-9-3-4-11-19-15)20-18(22)21-12-6-10-16(21)14-7-5-8-14/h3-4,9,11,13-14,16-17H,5-8,10,12H2,1-2H3,(H,20,22)/t16-,17+/m0/s1. The number of nitrogens with zero attached hydrogens (tertiary/aromatic N) is 2. The van der Waals surface area contributed by atoms with Crippen molar-refractivity contribution in [1.82, 2.24) is 15.2 Å². The summed E-state index contributed by atoms with van der Waals surface area (Å²) in [6, 6.07) is 6.44. The number of rotatable bonds is 4. The summed E-state index contributed by atoms with van der Waals surface area (Å²) in [6.07, 6.45) is 8.03. The van der Waals surface area contributed by atoms with Gasteiger partial charge in [0.15, 0.2) is 0 Å². The Morgan fingerprint density at radius 2 is 2.09 bits per heavy atom. The van der Waals surface area contributed by atoms with Gasteiger partial charge in [-0.1, -0.05) is 26.3 Å². The average molecular weight is 301 g/mol. The van der Waals surface area contributed by atoms with Crippen molar-refractivity contribution < 1.29 is 4.79 Å². The average Bonchev–Trinajstić information content (AvgIpc) is 2.92. The molecule has 0 bridgehead atoms. The Morgan fingerprint density at radius 3 is 2.68 bits per heavy atom. The van der Waals surface area contributed by atoms with Crippen molar-refractivity contribution in [1.29, 1.82) is 0 Å². The van der Waals surface area contributed by atoms with Gasteiger partial charge in [-0.25, -0.2) is 4.79 Å². The molecule has 2 aliphatic rings. The lowest BCUT2D eigenvalue weighted by Crippen LogP contribution is -2.48. The lowest BCUT2D eigenvalue weighted by molar-refractivity contribution is 0.135. The van der Waals surface area contributed by atoms with E-state index < -0.39 is 0 Å². The maximum Gasteiger partial charge on any atom is 0.318 e. The minimum Gasteiger partial charge on any atom is -0.329 e. The van der Waals surface area contributed by atoms with Crippen molar-refractivity contribution in [3.05, 3.63) is 30.1 Å². The first-order valence-corrected chi connectivity index (χ1v) is 8.65. The SMILES string of the molecule is CC(C)[C@@H](NC(=O)N1CCC[C@H]1C1CCC1)c1ccccn1. The van der Waals surface area contributed by atoms with Crippen LogP contribution in [0.1, 0.15) is 57.7 Å². The molecule has 1 saturated carbocycles. The van der Waals surface area contributed by atoms with Gasteiger partial charge in [0, 0.05) is 18.8 Å². The van der Waals surface area contributed by atoms with E-state index in [0.29, 0.717) is 12.0 Å². The van der Waals surface area contributed by atoms with E-state index in [2.05, 4.69) is 29.0 Å². The van der Waals surface area contributed by atoms with Gasteiger partial charge >= 0.3 is 6.03 Å². The molecule has 1 aromatic heterocycles. The smallest absolute Gasteiger partial charge is 0.318 e. The first kappa shape index (κ1) is 15.3. The molecule has 0 radical (unpaired) electrons. The normalized spacial score (nSPS) is 23.4. The third kappa shape index (κ3) is 3.11. The number of aromatic nitrogens is 1. The molecule has 4 heteroatoms. The molecular weight excluding hydrogens is 274 g/mol. The molecule has 1 saturated heterocycles. The molecule has 2 fully saturated rings. The quantitative estimate of drug-likeness (QED) is 0.920. The van der Waals surface area contributed by atoms with Crippen molar-refractivity contribution in [2.24, 2.45) is 11.8 Å². The van der Waals surface area contributed by atoms with Gasteiger partial charge in [-0.15, -0.1) is 0 Å². The van der Waals surface area contributed by atoms with Gasteiger partial charge in [-0.05, 0) is 49.7 Å². The van der Waals surface area contributed by atoms with Gasteiger partial charge in [-0.3, -0.25) is 4.98 Å². The number of pyridine rings is 1. The van der Waals surface area contributed by atoms with Gasteiger partial charge in [0.2, 0.25) is 0 Å². The minimum atomic E-state index is -0.0173. The van der Waals surface area contributed by atoms with Gasteiger partial charge in [-0.2, -0.15) is 0 Å². The van der Waals surface area contributed by atoms with E-state index in [1.165, 1.54) is 25.7 Å². The molecule has 1 aliphatic carbocycles. The summed E-state index contributed by atoms with van der Waals surface area (Å²) < 4.78 is 0. The molecule has 0 unspecified atom stereocenters. The van der Waals surface area contributed by atoms with Gasteiger partial charge in [0.25, 0.3) is 0 Å². The zero-order valence-corrected chi connectivity index (χ0v) is 13.7. The van der Waals surface area contributed by atoms with Crippen molar-refractivity contribution in [3.63, 3.8) is 0 Å². The number of hydrogen-bond donors (Lipinski definition) is 1. The van der Waals surface area contributed by atoms with Crippen LogP contribution < -0.4 is 5.32 Å². The zero-order chi connectivity index (χ0) is 15.5. The first-order chi connectivity index (χ1) is 10.7.